The van der Waals surface area contributed by atoms with Gasteiger partial charge in [-0.15, -0.1) is 0 Å². The predicted molar refractivity (Wildman–Crippen MR) is 267 cm³/mol. The van der Waals surface area contributed by atoms with E-state index < -0.39 is 20.0 Å². The first-order valence-corrected chi connectivity index (χ1v) is 26.8. The van der Waals surface area contributed by atoms with Gasteiger partial charge in [-0.1, -0.05) is 209 Å². The molecular weight excluding hydrogens is 792 g/mol. The number of allylic oxidation sites excluding steroid dienone is 11. The van der Waals surface area contributed by atoms with Crippen LogP contribution in [0.5, 0.6) is 0 Å². The number of nitrogens with one attached hydrogen (secondary N) is 1. The van der Waals surface area contributed by atoms with Crippen LogP contribution in [-0.2, 0) is 18.4 Å². The van der Waals surface area contributed by atoms with Crippen molar-refractivity contribution in [2.75, 3.05) is 40.9 Å². The molecule has 8 nitrogen and oxygen atoms in total. The van der Waals surface area contributed by atoms with Crippen LogP contribution in [0.2, 0.25) is 0 Å². The summed E-state index contributed by atoms with van der Waals surface area (Å²) < 4.78 is 23.6. The molecule has 0 aromatic rings. The van der Waals surface area contributed by atoms with Crippen LogP contribution in [-0.4, -0.2) is 73.4 Å². The third kappa shape index (κ3) is 45.9. The highest BCUT2D eigenvalue weighted by Gasteiger charge is 2.27. The van der Waals surface area contributed by atoms with Crippen LogP contribution in [0.1, 0.15) is 206 Å². The fraction of sp³-hybridized carbons (Fsp3) is 0.755. The molecule has 0 saturated heterocycles. The van der Waals surface area contributed by atoms with E-state index in [2.05, 4.69) is 79.9 Å². The number of rotatable bonds is 45. The molecule has 0 aliphatic heterocycles. The van der Waals surface area contributed by atoms with E-state index in [1.807, 2.05) is 27.2 Å². The zero-order valence-corrected chi connectivity index (χ0v) is 41.7. The Morgan fingerprint density at radius 2 is 0.968 bits per heavy atom. The number of aliphatic hydroxyl groups excluding tert-OH is 1. The number of carbonyl (C=O) groups excluding carboxylic acids is 1. The zero-order valence-electron chi connectivity index (χ0n) is 40.8. The van der Waals surface area contributed by atoms with E-state index in [-0.39, 0.29) is 19.1 Å². The molecule has 0 rings (SSSR count). The SMILES string of the molecule is CC/C=C\C/C=C\C/C=C\C/C=C\C/C=C\CCCCCCCC(=O)NC(COP(=O)(O)OCC[N+](C)(C)C)C(O)/C=C/CCCCCCCCCCCCCCCCCCC. The van der Waals surface area contributed by atoms with Gasteiger partial charge in [-0.05, 0) is 64.2 Å². The lowest BCUT2D eigenvalue weighted by molar-refractivity contribution is -0.870. The van der Waals surface area contributed by atoms with Gasteiger partial charge in [0.05, 0.1) is 39.9 Å². The quantitative estimate of drug-likeness (QED) is 0.0243. The van der Waals surface area contributed by atoms with E-state index in [1.165, 1.54) is 96.3 Å². The number of amides is 1. The van der Waals surface area contributed by atoms with Gasteiger partial charge in [0.25, 0.3) is 0 Å². The molecule has 0 fully saturated rings. The molecule has 3 atom stereocenters. The van der Waals surface area contributed by atoms with Crippen molar-refractivity contribution in [1.82, 2.24) is 5.32 Å². The Kier molecular flexibility index (Phi) is 42.7. The molecular formula is C53H98N2O6P+. The summed E-state index contributed by atoms with van der Waals surface area (Å²) in [5, 5.41) is 13.9. The molecule has 3 N–H and O–H groups in total. The van der Waals surface area contributed by atoms with Crippen molar-refractivity contribution in [2.45, 2.75) is 219 Å². The Morgan fingerprint density at radius 1 is 0.565 bits per heavy atom. The average molecular weight is 890 g/mol. The standard InChI is InChI=1S/C53H97N2O6P/c1-6-8-10-12-14-16-18-20-22-24-26-27-29-31-33-35-37-39-41-43-45-47-53(57)54-51(50-61-62(58,59)60-49-48-55(3,4)5)52(56)46-44-42-40-38-36-34-32-30-28-25-23-21-19-17-15-13-11-9-7-2/h8,10,14,16,20,22,26-27,31,33,44,46,51-52,56H,6-7,9,11-13,15,17-19,21,23-25,28-30,32,34-43,45,47-50H2,1-5H3,(H-,54,57,58,59)/p+1/b10-8-,16-14-,22-20-,27-26-,33-31-,46-44+. The number of quaternary nitrogens is 1. The van der Waals surface area contributed by atoms with E-state index in [4.69, 9.17) is 9.05 Å². The third-order valence-corrected chi connectivity index (χ3v) is 11.9. The fourth-order valence-corrected chi connectivity index (χ4v) is 7.69. The lowest BCUT2D eigenvalue weighted by Gasteiger charge is -2.25. The second-order valence-corrected chi connectivity index (χ2v) is 19.6. The van der Waals surface area contributed by atoms with Gasteiger partial charge in [0, 0.05) is 6.42 Å². The van der Waals surface area contributed by atoms with Gasteiger partial charge in [0.1, 0.15) is 13.2 Å². The average Bonchev–Trinajstić information content (AvgIpc) is 3.23. The van der Waals surface area contributed by atoms with Gasteiger partial charge in [0.2, 0.25) is 5.91 Å². The van der Waals surface area contributed by atoms with E-state index in [0.717, 1.165) is 89.9 Å². The van der Waals surface area contributed by atoms with Crippen molar-refractivity contribution in [1.29, 1.82) is 0 Å². The van der Waals surface area contributed by atoms with E-state index in [1.54, 1.807) is 6.08 Å². The van der Waals surface area contributed by atoms with Crippen molar-refractivity contribution >= 4 is 13.7 Å². The highest BCUT2D eigenvalue weighted by Crippen LogP contribution is 2.43. The largest absolute Gasteiger partial charge is 0.472 e. The predicted octanol–water partition coefficient (Wildman–Crippen LogP) is 14.8. The Balaban J connectivity index is 4.39. The normalized spacial score (nSPS) is 14.8. The highest BCUT2D eigenvalue weighted by molar-refractivity contribution is 7.47. The number of carbonyl (C=O) groups is 1. The summed E-state index contributed by atoms with van der Waals surface area (Å²) in [6.45, 7) is 4.69. The summed E-state index contributed by atoms with van der Waals surface area (Å²) in [5.41, 5.74) is 0. The van der Waals surface area contributed by atoms with Gasteiger partial charge >= 0.3 is 7.82 Å². The Labute approximate surface area is 383 Å². The molecule has 0 aliphatic carbocycles. The first-order valence-electron chi connectivity index (χ1n) is 25.3. The lowest BCUT2D eigenvalue weighted by atomic mass is 10.0. The first-order chi connectivity index (χ1) is 30.0. The number of likely N-dealkylation sites (N-methyl/N-ethyl adjacent to an activating group) is 1. The molecule has 0 saturated carbocycles. The van der Waals surface area contributed by atoms with Crippen LogP contribution in [0.3, 0.4) is 0 Å². The number of hydrogen-bond donors (Lipinski definition) is 3. The lowest BCUT2D eigenvalue weighted by Crippen LogP contribution is -2.45. The molecule has 3 unspecified atom stereocenters. The third-order valence-electron chi connectivity index (χ3n) is 10.9. The summed E-state index contributed by atoms with van der Waals surface area (Å²) in [7, 11) is 1.55. The Hall–Kier alpha value is -2.06. The molecule has 9 heteroatoms. The number of nitrogens with zero attached hydrogens (tertiary/aromatic N) is 1. The first kappa shape index (κ1) is 59.9. The summed E-state index contributed by atoms with van der Waals surface area (Å²) in [4.78, 5) is 23.2. The molecule has 0 aromatic carbocycles. The maximum Gasteiger partial charge on any atom is 0.472 e. The molecule has 0 bridgehead atoms. The molecule has 0 radical (unpaired) electrons. The molecule has 1 amide bonds. The minimum Gasteiger partial charge on any atom is -0.387 e. The maximum atomic E-state index is 12.9. The second kappa shape index (κ2) is 44.2. The van der Waals surface area contributed by atoms with Crippen molar-refractivity contribution in [3.63, 3.8) is 0 Å². The number of phosphoric ester groups is 1. The van der Waals surface area contributed by atoms with Crippen LogP contribution in [0.15, 0.2) is 72.9 Å². The van der Waals surface area contributed by atoms with Crippen LogP contribution in [0, 0.1) is 0 Å². The molecule has 0 spiro atoms. The molecule has 360 valence electrons. The second-order valence-electron chi connectivity index (χ2n) is 18.2. The molecule has 62 heavy (non-hydrogen) atoms. The fourth-order valence-electron chi connectivity index (χ4n) is 6.95. The summed E-state index contributed by atoms with van der Waals surface area (Å²) in [5.74, 6) is -0.197. The van der Waals surface area contributed by atoms with Gasteiger partial charge in [-0.2, -0.15) is 0 Å². The topological polar surface area (TPSA) is 105 Å². The van der Waals surface area contributed by atoms with Crippen molar-refractivity contribution in [2.24, 2.45) is 0 Å². The summed E-state index contributed by atoms with van der Waals surface area (Å²) in [6.07, 6.45) is 59.7. The van der Waals surface area contributed by atoms with Gasteiger partial charge in [-0.25, -0.2) is 4.57 Å². The van der Waals surface area contributed by atoms with Crippen LogP contribution >= 0.6 is 7.82 Å². The molecule has 0 aromatic heterocycles. The Morgan fingerprint density at radius 3 is 1.42 bits per heavy atom. The van der Waals surface area contributed by atoms with Crippen LogP contribution in [0.4, 0.5) is 0 Å². The van der Waals surface area contributed by atoms with Crippen LogP contribution in [0.25, 0.3) is 0 Å². The minimum absolute atomic E-state index is 0.0540. The number of unbranched alkanes of at least 4 members (excludes halogenated alkanes) is 22. The maximum absolute atomic E-state index is 12.9. The van der Waals surface area contributed by atoms with Crippen molar-refractivity contribution in [3.8, 4) is 0 Å². The van der Waals surface area contributed by atoms with Crippen molar-refractivity contribution < 1.29 is 32.9 Å². The zero-order chi connectivity index (χ0) is 45.7. The van der Waals surface area contributed by atoms with E-state index in [0.29, 0.717) is 17.4 Å². The van der Waals surface area contributed by atoms with Gasteiger partial charge in [-0.3, -0.25) is 13.8 Å². The number of hydrogen-bond acceptors (Lipinski definition) is 5. The Bertz CT molecular complexity index is 1240. The van der Waals surface area contributed by atoms with Gasteiger partial charge in [0.15, 0.2) is 0 Å². The summed E-state index contributed by atoms with van der Waals surface area (Å²) in [6, 6.07) is -0.861. The van der Waals surface area contributed by atoms with Gasteiger partial charge < -0.3 is 19.8 Å². The number of phosphoric acid groups is 1. The van der Waals surface area contributed by atoms with E-state index in [9.17, 15) is 19.4 Å². The highest BCUT2D eigenvalue weighted by atomic mass is 31.2. The minimum atomic E-state index is -4.35. The number of aliphatic hydroxyl groups is 1. The van der Waals surface area contributed by atoms with E-state index >= 15 is 0 Å². The monoisotopic (exact) mass is 890 g/mol. The smallest absolute Gasteiger partial charge is 0.387 e. The molecule has 0 aliphatic rings. The molecule has 0 heterocycles. The van der Waals surface area contributed by atoms with Crippen molar-refractivity contribution in [3.05, 3.63) is 72.9 Å². The van der Waals surface area contributed by atoms with Crippen LogP contribution < -0.4 is 5.32 Å². The summed E-state index contributed by atoms with van der Waals surface area (Å²) >= 11 is 0.